The second-order valence-corrected chi connectivity index (χ2v) is 3.52. The van der Waals surface area contributed by atoms with Gasteiger partial charge >= 0.3 is 0 Å². The first kappa shape index (κ1) is 10.7. The van der Waals surface area contributed by atoms with Crippen molar-refractivity contribution in [1.82, 2.24) is 25.9 Å². The molecule has 1 aromatic heterocycles. The Morgan fingerprint density at radius 3 is 2.94 bits per heavy atom. The number of aromatic amines is 1. The molecule has 2 rings (SSSR count). The maximum absolute atomic E-state index is 13.2. The minimum atomic E-state index is -0.182. The first-order valence-corrected chi connectivity index (χ1v) is 4.94. The molecule has 0 spiro atoms. The molecule has 6 heteroatoms. The van der Waals surface area contributed by atoms with E-state index in [0.29, 0.717) is 24.5 Å². The third kappa shape index (κ3) is 2.60. The summed E-state index contributed by atoms with van der Waals surface area (Å²) in [6, 6.07) is 5.18. The quantitative estimate of drug-likeness (QED) is 0.806. The number of H-pyrrole nitrogens is 1. The van der Waals surface area contributed by atoms with E-state index in [2.05, 4.69) is 25.9 Å². The number of halogens is 1. The SMILES string of the molecule is Cc1ccc(CNCc2nn[nH]n2)cc1F. The molecular weight excluding hydrogens is 209 g/mol. The lowest BCUT2D eigenvalue weighted by molar-refractivity contribution is 0.609. The number of aromatic nitrogens is 4. The van der Waals surface area contributed by atoms with Gasteiger partial charge in [-0.1, -0.05) is 17.3 Å². The maximum atomic E-state index is 13.2. The summed E-state index contributed by atoms with van der Waals surface area (Å²) in [4.78, 5) is 0. The highest BCUT2D eigenvalue weighted by Crippen LogP contribution is 2.08. The topological polar surface area (TPSA) is 66.5 Å². The van der Waals surface area contributed by atoms with Gasteiger partial charge in [-0.2, -0.15) is 5.21 Å². The van der Waals surface area contributed by atoms with Crippen molar-refractivity contribution in [3.63, 3.8) is 0 Å². The van der Waals surface area contributed by atoms with Crippen LogP contribution in [-0.2, 0) is 13.1 Å². The van der Waals surface area contributed by atoms with Crippen molar-refractivity contribution in [3.8, 4) is 0 Å². The average molecular weight is 221 g/mol. The highest BCUT2D eigenvalue weighted by atomic mass is 19.1. The normalized spacial score (nSPS) is 10.6. The Balaban J connectivity index is 1.87. The molecule has 0 saturated carbocycles. The minimum absolute atomic E-state index is 0.182. The molecule has 1 heterocycles. The number of nitrogens with one attached hydrogen (secondary N) is 2. The van der Waals surface area contributed by atoms with Crippen LogP contribution in [0.15, 0.2) is 18.2 Å². The van der Waals surface area contributed by atoms with E-state index < -0.39 is 0 Å². The van der Waals surface area contributed by atoms with Crippen LogP contribution in [0, 0.1) is 12.7 Å². The zero-order chi connectivity index (χ0) is 11.4. The second-order valence-electron chi connectivity index (χ2n) is 3.52. The number of benzene rings is 1. The van der Waals surface area contributed by atoms with Crippen molar-refractivity contribution < 1.29 is 4.39 Å². The van der Waals surface area contributed by atoms with Gasteiger partial charge in [0.25, 0.3) is 0 Å². The number of hydrogen-bond acceptors (Lipinski definition) is 4. The molecule has 0 aliphatic rings. The van der Waals surface area contributed by atoms with Crippen molar-refractivity contribution in [2.45, 2.75) is 20.0 Å². The Bertz CT molecular complexity index is 454. The molecule has 16 heavy (non-hydrogen) atoms. The summed E-state index contributed by atoms with van der Waals surface area (Å²) in [5.74, 6) is 0.409. The number of rotatable bonds is 4. The van der Waals surface area contributed by atoms with Crippen molar-refractivity contribution in [2.75, 3.05) is 0 Å². The molecule has 0 unspecified atom stereocenters. The monoisotopic (exact) mass is 221 g/mol. The van der Waals surface area contributed by atoms with E-state index in [1.54, 1.807) is 13.0 Å². The van der Waals surface area contributed by atoms with Gasteiger partial charge < -0.3 is 5.32 Å². The van der Waals surface area contributed by atoms with Crippen LogP contribution >= 0.6 is 0 Å². The summed E-state index contributed by atoms with van der Waals surface area (Å²) in [7, 11) is 0. The lowest BCUT2D eigenvalue weighted by Gasteiger charge is -2.03. The Morgan fingerprint density at radius 1 is 1.38 bits per heavy atom. The zero-order valence-electron chi connectivity index (χ0n) is 8.87. The molecule has 84 valence electrons. The molecule has 0 fully saturated rings. The molecule has 0 saturated heterocycles. The number of hydrogen-bond donors (Lipinski definition) is 2. The van der Waals surface area contributed by atoms with Gasteiger partial charge in [0, 0.05) is 6.54 Å². The van der Waals surface area contributed by atoms with Crippen LogP contribution in [0.4, 0.5) is 4.39 Å². The number of aryl methyl sites for hydroxylation is 1. The summed E-state index contributed by atoms with van der Waals surface area (Å²) >= 11 is 0. The molecule has 0 amide bonds. The molecule has 1 aromatic carbocycles. The highest BCUT2D eigenvalue weighted by molar-refractivity contribution is 5.23. The van der Waals surface area contributed by atoms with Gasteiger partial charge in [-0.25, -0.2) is 4.39 Å². The fourth-order valence-corrected chi connectivity index (χ4v) is 1.32. The van der Waals surface area contributed by atoms with Crippen molar-refractivity contribution >= 4 is 0 Å². The molecule has 0 aliphatic carbocycles. The van der Waals surface area contributed by atoms with E-state index in [9.17, 15) is 4.39 Å². The third-order valence-corrected chi connectivity index (χ3v) is 2.24. The smallest absolute Gasteiger partial charge is 0.188 e. The van der Waals surface area contributed by atoms with E-state index in [1.165, 1.54) is 6.07 Å². The minimum Gasteiger partial charge on any atom is -0.306 e. The summed E-state index contributed by atoms with van der Waals surface area (Å²) in [6.45, 7) is 2.82. The van der Waals surface area contributed by atoms with E-state index in [-0.39, 0.29) is 5.82 Å². The van der Waals surface area contributed by atoms with E-state index >= 15 is 0 Å². The van der Waals surface area contributed by atoms with Crippen LogP contribution in [0.2, 0.25) is 0 Å². The maximum Gasteiger partial charge on any atom is 0.188 e. The van der Waals surface area contributed by atoms with Crippen molar-refractivity contribution in [2.24, 2.45) is 0 Å². The first-order chi connectivity index (χ1) is 7.75. The van der Waals surface area contributed by atoms with Crippen LogP contribution < -0.4 is 5.32 Å². The van der Waals surface area contributed by atoms with Gasteiger partial charge in [-0.15, -0.1) is 10.2 Å². The molecular formula is C10H12FN5. The summed E-state index contributed by atoms with van der Waals surface area (Å²) in [6.07, 6.45) is 0. The van der Waals surface area contributed by atoms with E-state index in [4.69, 9.17) is 0 Å². The van der Waals surface area contributed by atoms with Gasteiger partial charge in [0.2, 0.25) is 0 Å². The Kier molecular flexibility index (Phi) is 3.21. The Morgan fingerprint density at radius 2 is 2.25 bits per heavy atom. The van der Waals surface area contributed by atoms with Crippen LogP contribution in [0.25, 0.3) is 0 Å². The van der Waals surface area contributed by atoms with Gasteiger partial charge in [0.15, 0.2) is 5.82 Å². The lowest BCUT2D eigenvalue weighted by atomic mass is 10.1. The molecule has 5 nitrogen and oxygen atoms in total. The van der Waals surface area contributed by atoms with E-state index in [1.807, 2.05) is 6.07 Å². The average Bonchev–Trinajstić information content (AvgIpc) is 2.76. The molecule has 0 radical (unpaired) electrons. The van der Waals surface area contributed by atoms with Crippen LogP contribution in [0.1, 0.15) is 17.0 Å². The molecule has 2 aromatic rings. The molecule has 2 N–H and O–H groups in total. The largest absolute Gasteiger partial charge is 0.306 e. The first-order valence-electron chi connectivity index (χ1n) is 4.94. The summed E-state index contributed by atoms with van der Waals surface area (Å²) in [5.41, 5.74) is 1.55. The number of tetrazole rings is 1. The number of nitrogens with zero attached hydrogens (tertiary/aromatic N) is 3. The highest BCUT2D eigenvalue weighted by Gasteiger charge is 2.00. The van der Waals surface area contributed by atoms with Gasteiger partial charge in [-0.05, 0) is 24.1 Å². The van der Waals surface area contributed by atoms with Crippen molar-refractivity contribution in [1.29, 1.82) is 0 Å². The predicted octanol–water partition coefficient (Wildman–Crippen LogP) is 0.937. The summed E-state index contributed by atoms with van der Waals surface area (Å²) in [5, 5.41) is 16.5. The standard InChI is InChI=1S/C10H12FN5/c1-7-2-3-8(4-9(7)11)5-12-6-10-13-15-16-14-10/h2-4,12H,5-6H2,1H3,(H,13,14,15,16). The van der Waals surface area contributed by atoms with Gasteiger partial charge in [-0.3, -0.25) is 0 Å². The Labute approximate surface area is 92.1 Å². The second kappa shape index (κ2) is 4.80. The molecule has 0 atom stereocenters. The Hall–Kier alpha value is -1.82. The third-order valence-electron chi connectivity index (χ3n) is 2.24. The molecule has 0 aliphatic heterocycles. The molecule has 0 bridgehead atoms. The van der Waals surface area contributed by atoms with Gasteiger partial charge in [0.05, 0.1) is 6.54 Å². The van der Waals surface area contributed by atoms with Crippen LogP contribution in [-0.4, -0.2) is 20.6 Å². The van der Waals surface area contributed by atoms with Crippen LogP contribution in [0.3, 0.4) is 0 Å². The van der Waals surface area contributed by atoms with Crippen LogP contribution in [0.5, 0.6) is 0 Å². The van der Waals surface area contributed by atoms with Crippen molar-refractivity contribution in [3.05, 3.63) is 41.0 Å². The lowest BCUT2D eigenvalue weighted by Crippen LogP contribution is -2.14. The predicted molar refractivity (Wildman–Crippen MR) is 55.9 cm³/mol. The van der Waals surface area contributed by atoms with E-state index in [0.717, 1.165) is 5.56 Å². The summed E-state index contributed by atoms with van der Waals surface area (Å²) < 4.78 is 13.2. The van der Waals surface area contributed by atoms with Gasteiger partial charge in [0.1, 0.15) is 5.82 Å². The zero-order valence-corrected chi connectivity index (χ0v) is 8.87. The fourth-order valence-electron chi connectivity index (χ4n) is 1.32. The fraction of sp³-hybridized carbons (Fsp3) is 0.300.